The summed E-state index contributed by atoms with van der Waals surface area (Å²) in [5, 5.41) is 23.6. The van der Waals surface area contributed by atoms with Crippen LogP contribution in [0.1, 0.15) is 239 Å². The van der Waals surface area contributed by atoms with E-state index in [0.29, 0.717) is 19.3 Å². The number of carbonyl (C=O) groups is 2. The Kier molecular flexibility index (Phi) is 43.2. The average molecular weight is 800 g/mol. The van der Waals surface area contributed by atoms with Crippen LogP contribution < -0.4 is 5.32 Å². The summed E-state index contributed by atoms with van der Waals surface area (Å²) in [5.74, 6) is -0.530. The lowest BCUT2D eigenvalue weighted by Crippen LogP contribution is -2.46. The van der Waals surface area contributed by atoms with E-state index in [4.69, 9.17) is 4.74 Å². The third-order valence-electron chi connectivity index (χ3n) is 10.9. The van der Waals surface area contributed by atoms with Gasteiger partial charge in [-0.15, -0.1) is 0 Å². The van der Waals surface area contributed by atoms with E-state index in [1.54, 1.807) is 0 Å². The summed E-state index contributed by atoms with van der Waals surface area (Å²) in [7, 11) is 0. The maximum absolute atomic E-state index is 13.1. The number of unbranched alkanes of at least 4 members (excludes halogenated alkanes) is 23. The number of esters is 1. The normalized spacial score (nSPS) is 13.7. The van der Waals surface area contributed by atoms with Gasteiger partial charge in [-0.3, -0.25) is 9.59 Å². The number of amides is 1. The first-order chi connectivity index (χ1) is 28.0. The van der Waals surface area contributed by atoms with Gasteiger partial charge in [0.05, 0.1) is 25.2 Å². The number of hydrogen-bond donors (Lipinski definition) is 3. The zero-order chi connectivity index (χ0) is 41.7. The predicted octanol–water partition coefficient (Wildman–Crippen LogP) is 14.3. The van der Waals surface area contributed by atoms with Gasteiger partial charge in [0.15, 0.2) is 0 Å². The molecule has 0 aromatic rings. The van der Waals surface area contributed by atoms with Gasteiger partial charge in [0.25, 0.3) is 0 Å². The third kappa shape index (κ3) is 40.4. The van der Waals surface area contributed by atoms with E-state index in [1.165, 1.54) is 109 Å². The Morgan fingerprint density at radius 1 is 0.509 bits per heavy atom. The van der Waals surface area contributed by atoms with E-state index < -0.39 is 18.2 Å². The van der Waals surface area contributed by atoms with Crippen molar-refractivity contribution in [1.82, 2.24) is 5.32 Å². The molecule has 3 N–H and O–H groups in total. The Hall–Kier alpha value is -2.18. The number of allylic oxidation sites excluding steroid dienone is 8. The summed E-state index contributed by atoms with van der Waals surface area (Å²) < 4.78 is 5.89. The maximum atomic E-state index is 13.1. The molecule has 0 saturated carbocycles. The molecule has 6 nitrogen and oxygen atoms in total. The molecule has 57 heavy (non-hydrogen) atoms. The molecule has 0 aliphatic heterocycles. The summed E-state index contributed by atoms with van der Waals surface area (Å²) in [6.45, 7) is 6.41. The Balaban J connectivity index is 4.70. The molecule has 0 aromatic carbocycles. The standard InChI is InChI=1S/C51H93NO5/c1-4-7-10-13-16-19-22-24-25-27-28-30-33-36-39-42-47(57-51(56)44-41-38-35-32-29-26-23-20-17-14-11-8-5-2)45-50(55)52-48(46-53)49(54)43-40-37-34-31-21-18-15-12-9-6-3/h16,19,24-26,28-30,47-49,53-54H,4-15,17-18,20-23,27,31-46H2,1-3H3,(H,52,55)/b19-16-,25-24-,29-26-,30-28-. The second kappa shape index (κ2) is 44.9. The van der Waals surface area contributed by atoms with Gasteiger partial charge in [-0.25, -0.2) is 0 Å². The number of ether oxygens (including phenoxy) is 1. The molecule has 0 rings (SSSR count). The Morgan fingerprint density at radius 2 is 0.895 bits per heavy atom. The molecule has 0 spiro atoms. The van der Waals surface area contributed by atoms with Gasteiger partial charge >= 0.3 is 5.97 Å². The topological polar surface area (TPSA) is 95.9 Å². The van der Waals surface area contributed by atoms with E-state index in [1.807, 2.05) is 0 Å². The van der Waals surface area contributed by atoms with Crippen LogP contribution in [0.2, 0.25) is 0 Å². The Labute approximate surface area is 353 Å². The summed E-state index contributed by atoms with van der Waals surface area (Å²) in [6, 6.07) is -0.715. The molecule has 3 unspecified atom stereocenters. The molecule has 0 radical (unpaired) electrons. The van der Waals surface area contributed by atoms with Crippen molar-refractivity contribution in [1.29, 1.82) is 0 Å². The van der Waals surface area contributed by atoms with Crippen LogP contribution in [0.4, 0.5) is 0 Å². The molecule has 0 aromatic heterocycles. The van der Waals surface area contributed by atoms with Crippen molar-refractivity contribution in [3.05, 3.63) is 48.6 Å². The van der Waals surface area contributed by atoms with Gasteiger partial charge in [0.2, 0.25) is 5.91 Å². The van der Waals surface area contributed by atoms with Gasteiger partial charge in [0, 0.05) is 6.42 Å². The minimum absolute atomic E-state index is 0.0459. The van der Waals surface area contributed by atoms with E-state index in [9.17, 15) is 19.8 Å². The van der Waals surface area contributed by atoms with Crippen LogP contribution in [0.15, 0.2) is 48.6 Å². The number of rotatable bonds is 43. The quantitative estimate of drug-likeness (QED) is 0.0324. The molecule has 0 aliphatic carbocycles. The minimum atomic E-state index is -0.798. The molecule has 0 bridgehead atoms. The third-order valence-corrected chi connectivity index (χ3v) is 10.9. The summed E-state index contributed by atoms with van der Waals surface area (Å²) in [5.41, 5.74) is 0. The molecule has 0 aliphatic rings. The fraction of sp³-hybridized carbons (Fsp3) is 0.804. The minimum Gasteiger partial charge on any atom is -0.462 e. The lowest BCUT2D eigenvalue weighted by atomic mass is 10.0. The highest BCUT2D eigenvalue weighted by molar-refractivity contribution is 5.77. The number of aliphatic hydroxyl groups is 2. The summed E-state index contributed by atoms with van der Waals surface area (Å²) in [6.07, 6.45) is 53.1. The predicted molar refractivity (Wildman–Crippen MR) is 245 cm³/mol. The van der Waals surface area contributed by atoms with Crippen molar-refractivity contribution < 1.29 is 24.5 Å². The summed E-state index contributed by atoms with van der Waals surface area (Å²) in [4.78, 5) is 26.0. The fourth-order valence-electron chi connectivity index (χ4n) is 7.14. The number of aliphatic hydroxyl groups excluding tert-OH is 2. The van der Waals surface area contributed by atoms with Gasteiger partial charge in [0.1, 0.15) is 6.10 Å². The van der Waals surface area contributed by atoms with Crippen LogP contribution in [0.25, 0.3) is 0 Å². The number of carbonyl (C=O) groups excluding carboxylic acids is 2. The van der Waals surface area contributed by atoms with Gasteiger partial charge in [-0.2, -0.15) is 0 Å². The van der Waals surface area contributed by atoms with Gasteiger partial charge in [-0.05, 0) is 89.9 Å². The fourth-order valence-corrected chi connectivity index (χ4v) is 7.14. The monoisotopic (exact) mass is 800 g/mol. The highest BCUT2D eigenvalue weighted by Gasteiger charge is 2.24. The first kappa shape index (κ1) is 54.8. The molecule has 0 saturated heterocycles. The van der Waals surface area contributed by atoms with Crippen LogP contribution in [0.5, 0.6) is 0 Å². The van der Waals surface area contributed by atoms with E-state index >= 15 is 0 Å². The molecule has 0 fully saturated rings. The highest BCUT2D eigenvalue weighted by atomic mass is 16.5. The first-order valence-corrected chi connectivity index (χ1v) is 24.4. The van der Waals surface area contributed by atoms with Gasteiger partial charge in [-0.1, -0.05) is 185 Å². The second-order valence-electron chi connectivity index (χ2n) is 16.5. The molecular weight excluding hydrogens is 707 g/mol. The van der Waals surface area contributed by atoms with Crippen LogP contribution >= 0.6 is 0 Å². The lowest BCUT2D eigenvalue weighted by molar-refractivity contribution is -0.151. The van der Waals surface area contributed by atoms with Crippen molar-refractivity contribution in [3.63, 3.8) is 0 Å². The zero-order valence-electron chi connectivity index (χ0n) is 37.7. The Morgan fingerprint density at radius 3 is 1.42 bits per heavy atom. The van der Waals surface area contributed by atoms with Crippen molar-refractivity contribution in [3.8, 4) is 0 Å². The van der Waals surface area contributed by atoms with Gasteiger partial charge < -0.3 is 20.3 Å². The van der Waals surface area contributed by atoms with Crippen molar-refractivity contribution in [2.75, 3.05) is 6.61 Å². The lowest BCUT2D eigenvalue weighted by Gasteiger charge is -2.24. The smallest absolute Gasteiger partial charge is 0.306 e. The van der Waals surface area contributed by atoms with Crippen molar-refractivity contribution in [2.24, 2.45) is 0 Å². The van der Waals surface area contributed by atoms with Crippen LogP contribution in [-0.2, 0) is 14.3 Å². The molecule has 332 valence electrons. The maximum Gasteiger partial charge on any atom is 0.306 e. The van der Waals surface area contributed by atoms with Crippen LogP contribution in [-0.4, -0.2) is 46.9 Å². The van der Waals surface area contributed by atoms with Crippen LogP contribution in [0, 0.1) is 0 Å². The Bertz CT molecular complexity index is 988. The second-order valence-corrected chi connectivity index (χ2v) is 16.5. The zero-order valence-corrected chi connectivity index (χ0v) is 37.7. The number of nitrogens with one attached hydrogen (secondary N) is 1. The van der Waals surface area contributed by atoms with E-state index in [0.717, 1.165) is 83.5 Å². The average Bonchev–Trinajstić information content (AvgIpc) is 3.20. The molecule has 1 amide bonds. The largest absolute Gasteiger partial charge is 0.462 e. The first-order valence-electron chi connectivity index (χ1n) is 24.4. The molecule has 6 heteroatoms. The molecule has 0 heterocycles. The van der Waals surface area contributed by atoms with Crippen LogP contribution in [0.3, 0.4) is 0 Å². The summed E-state index contributed by atoms with van der Waals surface area (Å²) >= 11 is 0. The number of hydrogen-bond acceptors (Lipinski definition) is 5. The SMILES string of the molecule is CCCCC/C=C\C/C=C\C/C=C\CCCCC(CC(=O)NC(CO)C(O)CCCCCCCCCCCC)OC(=O)CCCCC/C=C\CCCCCCCC. The highest BCUT2D eigenvalue weighted by Crippen LogP contribution is 2.16. The van der Waals surface area contributed by atoms with E-state index in [-0.39, 0.29) is 24.9 Å². The van der Waals surface area contributed by atoms with E-state index in [2.05, 4.69) is 74.7 Å². The molecule has 3 atom stereocenters. The molecular formula is C51H93NO5. The van der Waals surface area contributed by atoms with Crippen molar-refractivity contribution >= 4 is 11.9 Å². The van der Waals surface area contributed by atoms with Crippen molar-refractivity contribution in [2.45, 2.75) is 257 Å².